The van der Waals surface area contributed by atoms with Gasteiger partial charge in [-0.2, -0.15) is 0 Å². The number of nitrogens with one attached hydrogen (secondary N) is 3. The maximum absolute atomic E-state index is 12.4. The number of amides is 4. The fourth-order valence-electron chi connectivity index (χ4n) is 2.47. The summed E-state index contributed by atoms with van der Waals surface area (Å²) in [5.41, 5.74) is 1.41. The van der Waals surface area contributed by atoms with Crippen molar-refractivity contribution in [2.75, 3.05) is 10.6 Å². The van der Waals surface area contributed by atoms with Crippen LogP contribution in [0.1, 0.15) is 51.8 Å². The van der Waals surface area contributed by atoms with Gasteiger partial charge in [-0.15, -0.1) is 0 Å². The van der Waals surface area contributed by atoms with Gasteiger partial charge in [0.25, 0.3) is 17.7 Å². The molecule has 138 valence electrons. The largest absolute Gasteiger partial charge is 0.326 e. The van der Waals surface area contributed by atoms with Crippen molar-refractivity contribution in [2.24, 2.45) is 5.41 Å². The average Bonchev–Trinajstić information content (AvgIpc) is 2.88. The van der Waals surface area contributed by atoms with E-state index in [-0.39, 0.29) is 22.9 Å². The lowest BCUT2D eigenvalue weighted by atomic mass is 9.95. The molecule has 3 N–H and O–H groups in total. The van der Waals surface area contributed by atoms with E-state index in [1.165, 1.54) is 12.1 Å². The Morgan fingerprint density at radius 3 is 2.04 bits per heavy atom. The SMILES string of the molecule is CC(C)(C)C(=O)Nc1ccc(C(=O)Nc2ccc3c(c2)C(=O)NC3=O)cc1. The highest BCUT2D eigenvalue weighted by molar-refractivity contribution is 6.22. The monoisotopic (exact) mass is 365 g/mol. The lowest BCUT2D eigenvalue weighted by Gasteiger charge is -2.17. The van der Waals surface area contributed by atoms with Crippen molar-refractivity contribution in [1.82, 2.24) is 5.32 Å². The summed E-state index contributed by atoms with van der Waals surface area (Å²) in [6.07, 6.45) is 0. The molecule has 0 atom stereocenters. The molecule has 3 rings (SSSR count). The van der Waals surface area contributed by atoms with Gasteiger partial charge in [0.05, 0.1) is 11.1 Å². The van der Waals surface area contributed by atoms with Crippen molar-refractivity contribution in [3.05, 3.63) is 59.2 Å². The number of carbonyl (C=O) groups is 4. The van der Waals surface area contributed by atoms with Gasteiger partial charge in [-0.3, -0.25) is 24.5 Å². The molecule has 0 fully saturated rings. The van der Waals surface area contributed by atoms with Gasteiger partial charge in [-0.25, -0.2) is 0 Å². The zero-order valence-corrected chi connectivity index (χ0v) is 15.2. The van der Waals surface area contributed by atoms with Crippen LogP contribution in [-0.2, 0) is 4.79 Å². The smallest absolute Gasteiger partial charge is 0.259 e. The fraction of sp³-hybridized carbons (Fsp3) is 0.200. The molecule has 7 nitrogen and oxygen atoms in total. The molecule has 0 saturated carbocycles. The molecule has 2 aromatic carbocycles. The summed E-state index contributed by atoms with van der Waals surface area (Å²) in [5.74, 6) is -1.41. The molecule has 0 saturated heterocycles. The van der Waals surface area contributed by atoms with Gasteiger partial charge in [0.1, 0.15) is 0 Å². The Morgan fingerprint density at radius 2 is 1.41 bits per heavy atom. The van der Waals surface area contributed by atoms with Crippen LogP contribution in [0.4, 0.5) is 11.4 Å². The zero-order valence-electron chi connectivity index (χ0n) is 15.2. The number of anilines is 2. The molecule has 1 heterocycles. The van der Waals surface area contributed by atoms with E-state index in [0.717, 1.165) is 0 Å². The summed E-state index contributed by atoms with van der Waals surface area (Å²) in [6.45, 7) is 5.44. The molecule has 0 radical (unpaired) electrons. The third-order valence-electron chi connectivity index (χ3n) is 4.08. The van der Waals surface area contributed by atoms with E-state index < -0.39 is 17.2 Å². The van der Waals surface area contributed by atoms with E-state index in [1.807, 2.05) is 20.8 Å². The molecule has 0 unspecified atom stereocenters. The van der Waals surface area contributed by atoms with Crippen LogP contribution in [0.2, 0.25) is 0 Å². The first-order valence-corrected chi connectivity index (χ1v) is 8.38. The van der Waals surface area contributed by atoms with Gasteiger partial charge >= 0.3 is 0 Å². The molecule has 0 bridgehead atoms. The van der Waals surface area contributed by atoms with Gasteiger partial charge in [-0.1, -0.05) is 20.8 Å². The summed E-state index contributed by atoms with van der Waals surface area (Å²) in [6, 6.07) is 11.0. The van der Waals surface area contributed by atoms with Crippen molar-refractivity contribution in [2.45, 2.75) is 20.8 Å². The number of imide groups is 1. The molecule has 0 spiro atoms. The first-order chi connectivity index (χ1) is 12.6. The minimum atomic E-state index is -0.517. The van der Waals surface area contributed by atoms with Crippen molar-refractivity contribution in [1.29, 1.82) is 0 Å². The molecular weight excluding hydrogens is 346 g/mol. The van der Waals surface area contributed by atoms with Crippen molar-refractivity contribution in [3.8, 4) is 0 Å². The summed E-state index contributed by atoms with van der Waals surface area (Å²) in [4.78, 5) is 47.6. The van der Waals surface area contributed by atoms with Gasteiger partial charge in [0, 0.05) is 22.4 Å². The minimum absolute atomic E-state index is 0.120. The minimum Gasteiger partial charge on any atom is -0.326 e. The second-order valence-corrected chi connectivity index (χ2v) is 7.28. The highest BCUT2D eigenvalue weighted by Gasteiger charge is 2.27. The first-order valence-electron chi connectivity index (χ1n) is 8.38. The van der Waals surface area contributed by atoms with E-state index in [9.17, 15) is 19.2 Å². The van der Waals surface area contributed by atoms with Gasteiger partial charge in [0.15, 0.2) is 0 Å². The van der Waals surface area contributed by atoms with Gasteiger partial charge < -0.3 is 10.6 Å². The van der Waals surface area contributed by atoms with E-state index in [1.54, 1.807) is 30.3 Å². The Hall–Kier alpha value is -3.48. The quantitative estimate of drug-likeness (QED) is 0.728. The van der Waals surface area contributed by atoms with Crippen molar-refractivity contribution < 1.29 is 19.2 Å². The van der Waals surface area contributed by atoms with E-state index in [4.69, 9.17) is 0 Å². The molecule has 0 aromatic heterocycles. The topological polar surface area (TPSA) is 104 Å². The number of rotatable bonds is 3. The Balaban J connectivity index is 1.70. The predicted molar refractivity (Wildman–Crippen MR) is 101 cm³/mol. The Labute approximate surface area is 156 Å². The maximum Gasteiger partial charge on any atom is 0.259 e. The standard InChI is InChI=1S/C20H19N3O4/c1-20(2,3)19(27)22-12-6-4-11(5-7-12)16(24)21-13-8-9-14-15(10-13)18(26)23-17(14)25/h4-10H,1-3H3,(H,21,24)(H,22,27)(H,23,25,26). The highest BCUT2D eigenvalue weighted by Crippen LogP contribution is 2.21. The molecule has 7 heteroatoms. The Bertz CT molecular complexity index is 956. The maximum atomic E-state index is 12.4. The van der Waals surface area contributed by atoms with Crippen molar-refractivity contribution in [3.63, 3.8) is 0 Å². The van der Waals surface area contributed by atoms with Crippen LogP contribution < -0.4 is 16.0 Å². The molecule has 27 heavy (non-hydrogen) atoms. The van der Waals surface area contributed by atoms with Gasteiger partial charge in [0.2, 0.25) is 5.91 Å². The number of fused-ring (bicyclic) bond motifs is 1. The fourth-order valence-corrected chi connectivity index (χ4v) is 2.47. The number of carbonyl (C=O) groups excluding carboxylic acids is 4. The van der Waals surface area contributed by atoms with Crippen LogP contribution in [0.15, 0.2) is 42.5 Å². The summed E-state index contributed by atoms with van der Waals surface area (Å²) >= 11 is 0. The molecule has 0 aliphatic carbocycles. The summed E-state index contributed by atoms with van der Waals surface area (Å²) in [5, 5.41) is 7.68. The van der Waals surface area contributed by atoms with Crippen LogP contribution in [-0.4, -0.2) is 23.6 Å². The number of benzene rings is 2. The molecular formula is C20H19N3O4. The zero-order chi connectivity index (χ0) is 19.8. The Kier molecular flexibility index (Phi) is 4.53. The normalized spacial score (nSPS) is 13.0. The third kappa shape index (κ3) is 3.87. The second-order valence-electron chi connectivity index (χ2n) is 7.28. The second kappa shape index (κ2) is 6.68. The lowest BCUT2D eigenvalue weighted by molar-refractivity contribution is -0.123. The number of hydrogen-bond donors (Lipinski definition) is 3. The van der Waals surface area contributed by atoms with Crippen LogP contribution >= 0.6 is 0 Å². The molecule has 2 aromatic rings. The van der Waals surface area contributed by atoms with Crippen LogP contribution in [0.3, 0.4) is 0 Å². The number of hydrogen-bond acceptors (Lipinski definition) is 4. The van der Waals surface area contributed by atoms with Gasteiger partial charge in [-0.05, 0) is 42.5 Å². The lowest BCUT2D eigenvalue weighted by Crippen LogP contribution is -2.27. The Morgan fingerprint density at radius 1 is 0.815 bits per heavy atom. The van der Waals surface area contributed by atoms with Crippen LogP contribution in [0, 0.1) is 5.41 Å². The van der Waals surface area contributed by atoms with E-state index >= 15 is 0 Å². The third-order valence-corrected chi connectivity index (χ3v) is 4.08. The van der Waals surface area contributed by atoms with E-state index in [2.05, 4.69) is 16.0 Å². The first kappa shape index (κ1) is 18.3. The van der Waals surface area contributed by atoms with E-state index in [0.29, 0.717) is 16.9 Å². The predicted octanol–water partition coefficient (Wildman–Crippen LogP) is 2.81. The highest BCUT2D eigenvalue weighted by atomic mass is 16.2. The average molecular weight is 365 g/mol. The summed E-state index contributed by atoms with van der Waals surface area (Å²) in [7, 11) is 0. The van der Waals surface area contributed by atoms with Crippen molar-refractivity contribution >= 4 is 35.0 Å². The summed E-state index contributed by atoms with van der Waals surface area (Å²) < 4.78 is 0. The molecule has 1 aliphatic heterocycles. The molecule has 1 aliphatic rings. The van der Waals surface area contributed by atoms with Crippen LogP contribution in [0.25, 0.3) is 0 Å². The molecule has 4 amide bonds. The van der Waals surface area contributed by atoms with Crippen LogP contribution in [0.5, 0.6) is 0 Å².